The molecule has 0 saturated heterocycles. The van der Waals surface area contributed by atoms with Crippen molar-refractivity contribution < 1.29 is 0 Å². The topological polar surface area (TPSA) is 41.6 Å². The molecule has 0 amide bonds. The van der Waals surface area contributed by atoms with E-state index in [0.29, 0.717) is 5.82 Å². The lowest BCUT2D eigenvalue weighted by atomic mass is 10.6. The molecule has 9 heavy (non-hydrogen) atoms. The Labute approximate surface area is 55.9 Å². The number of aliphatic imine (C=N–C) groups is 1. The van der Waals surface area contributed by atoms with Gasteiger partial charge in [0.15, 0.2) is 0 Å². The Kier molecular flexibility index (Phi) is 2.78. The second kappa shape index (κ2) is 3.12. The zero-order valence-electron chi connectivity index (χ0n) is 6.18. The molecule has 0 aromatic carbocycles. The first-order valence-corrected chi connectivity index (χ1v) is 2.71. The summed E-state index contributed by atoms with van der Waals surface area (Å²) in [4.78, 5) is 5.78. The van der Waals surface area contributed by atoms with E-state index in [1.54, 1.807) is 0 Å². The van der Waals surface area contributed by atoms with E-state index < -0.39 is 0 Å². The van der Waals surface area contributed by atoms with E-state index in [-0.39, 0.29) is 0 Å². The van der Waals surface area contributed by atoms with E-state index in [1.165, 1.54) is 0 Å². The fourth-order valence-electron chi connectivity index (χ4n) is 0.308. The van der Waals surface area contributed by atoms with Crippen LogP contribution >= 0.6 is 0 Å². The molecular formula is C6H13N3. The van der Waals surface area contributed by atoms with Gasteiger partial charge in [0.25, 0.3) is 0 Å². The molecule has 0 atom stereocenters. The Morgan fingerprint density at radius 1 is 1.56 bits per heavy atom. The lowest BCUT2D eigenvalue weighted by Crippen LogP contribution is -2.19. The van der Waals surface area contributed by atoms with Gasteiger partial charge in [-0.05, 0) is 6.92 Å². The van der Waals surface area contributed by atoms with Crippen LogP contribution in [0.3, 0.4) is 0 Å². The normalized spacial score (nSPS) is 11.2. The van der Waals surface area contributed by atoms with E-state index in [4.69, 9.17) is 5.73 Å². The second-order valence-electron chi connectivity index (χ2n) is 2.04. The number of nitrogens with zero attached hydrogens (tertiary/aromatic N) is 2. The summed E-state index contributed by atoms with van der Waals surface area (Å²) in [7, 11) is 3.81. The molecule has 0 aliphatic rings. The molecule has 0 spiro atoms. The van der Waals surface area contributed by atoms with Crippen molar-refractivity contribution in [1.82, 2.24) is 4.90 Å². The Balaban J connectivity index is 4.00. The fraction of sp³-hybridized carbons (Fsp3) is 0.500. The summed E-state index contributed by atoms with van der Waals surface area (Å²) in [6.07, 6.45) is 0. The summed E-state index contributed by atoms with van der Waals surface area (Å²) in [5, 5.41) is 0. The van der Waals surface area contributed by atoms with E-state index >= 15 is 0 Å². The van der Waals surface area contributed by atoms with Crippen molar-refractivity contribution in [3.05, 3.63) is 12.4 Å². The summed E-state index contributed by atoms with van der Waals surface area (Å²) in [5.41, 5.74) is 5.22. The highest BCUT2D eigenvalue weighted by molar-refractivity contribution is 5.79. The van der Waals surface area contributed by atoms with E-state index in [2.05, 4.69) is 11.6 Å². The number of nitrogens with two attached hydrogens (primary N) is 1. The Morgan fingerprint density at radius 2 is 2.00 bits per heavy atom. The first-order chi connectivity index (χ1) is 4.04. The predicted molar refractivity (Wildman–Crippen MR) is 40.1 cm³/mol. The Morgan fingerprint density at radius 3 is 2.11 bits per heavy atom. The van der Waals surface area contributed by atoms with Crippen LogP contribution in [0.25, 0.3) is 0 Å². The van der Waals surface area contributed by atoms with Crippen molar-refractivity contribution in [2.24, 2.45) is 10.7 Å². The van der Waals surface area contributed by atoms with Gasteiger partial charge in [-0.3, -0.25) is 0 Å². The van der Waals surface area contributed by atoms with Gasteiger partial charge >= 0.3 is 0 Å². The van der Waals surface area contributed by atoms with Crippen LogP contribution in [0, 0.1) is 0 Å². The molecular weight excluding hydrogens is 114 g/mol. The second-order valence-corrected chi connectivity index (χ2v) is 2.04. The minimum atomic E-state index is 0.348. The number of amidine groups is 1. The molecule has 0 aliphatic heterocycles. The molecule has 2 N–H and O–H groups in total. The van der Waals surface area contributed by atoms with Crippen LogP contribution in [-0.2, 0) is 0 Å². The summed E-state index contributed by atoms with van der Waals surface area (Å²) in [5.74, 6) is 1.21. The zero-order valence-corrected chi connectivity index (χ0v) is 6.18. The highest BCUT2D eigenvalue weighted by Crippen LogP contribution is 1.85. The van der Waals surface area contributed by atoms with Gasteiger partial charge in [0.2, 0.25) is 0 Å². The number of hydrogen-bond acceptors (Lipinski definition) is 2. The zero-order chi connectivity index (χ0) is 7.44. The van der Waals surface area contributed by atoms with E-state index in [1.807, 2.05) is 25.9 Å². The molecule has 0 bridgehead atoms. The van der Waals surface area contributed by atoms with Crippen LogP contribution in [0.1, 0.15) is 6.92 Å². The molecule has 0 aromatic heterocycles. The van der Waals surface area contributed by atoms with Gasteiger partial charge < -0.3 is 10.6 Å². The third-order valence-electron chi connectivity index (χ3n) is 0.953. The maximum Gasteiger partial charge on any atom is 0.118 e. The minimum absolute atomic E-state index is 0.348. The van der Waals surface area contributed by atoms with Crippen molar-refractivity contribution in [3.63, 3.8) is 0 Å². The van der Waals surface area contributed by atoms with Crippen LogP contribution in [-0.4, -0.2) is 24.8 Å². The van der Waals surface area contributed by atoms with Crippen LogP contribution in [0.5, 0.6) is 0 Å². The van der Waals surface area contributed by atoms with E-state index in [0.717, 1.165) is 5.84 Å². The van der Waals surface area contributed by atoms with Crippen molar-refractivity contribution in [1.29, 1.82) is 0 Å². The highest BCUT2D eigenvalue weighted by atomic mass is 15.1. The maximum absolute atomic E-state index is 5.22. The predicted octanol–water partition coefficient (Wildman–Crippen LogP) is 0.396. The molecule has 0 aromatic rings. The van der Waals surface area contributed by atoms with E-state index in [9.17, 15) is 0 Å². The lowest BCUT2D eigenvalue weighted by molar-refractivity contribution is 0.617. The van der Waals surface area contributed by atoms with Gasteiger partial charge in [-0.15, -0.1) is 0 Å². The largest absolute Gasteiger partial charge is 0.384 e. The molecule has 3 nitrogen and oxygen atoms in total. The third kappa shape index (κ3) is 3.58. The molecule has 3 heteroatoms. The fourth-order valence-corrected chi connectivity index (χ4v) is 0.308. The number of hydrogen-bond donors (Lipinski definition) is 1. The molecule has 0 saturated carbocycles. The van der Waals surface area contributed by atoms with Crippen molar-refractivity contribution >= 4 is 5.84 Å². The van der Waals surface area contributed by atoms with Crippen LogP contribution in [0.15, 0.2) is 17.4 Å². The summed E-state index contributed by atoms with van der Waals surface area (Å²) in [6, 6.07) is 0. The summed E-state index contributed by atoms with van der Waals surface area (Å²) >= 11 is 0. The minimum Gasteiger partial charge on any atom is -0.384 e. The molecule has 52 valence electrons. The molecule has 0 radical (unpaired) electrons. The van der Waals surface area contributed by atoms with Crippen LogP contribution in [0.4, 0.5) is 0 Å². The average Bonchev–Trinajstić information content (AvgIpc) is 1.63. The maximum atomic E-state index is 5.22. The Bertz CT molecular complexity index is 135. The van der Waals surface area contributed by atoms with Crippen molar-refractivity contribution in [3.8, 4) is 0 Å². The standard InChI is InChI=1S/C6H13N3/c1-5(7)8-6(2)9(3)4/h1,7H2,2-4H3. The van der Waals surface area contributed by atoms with Gasteiger partial charge in [0, 0.05) is 14.1 Å². The summed E-state index contributed by atoms with van der Waals surface area (Å²) < 4.78 is 0. The highest BCUT2D eigenvalue weighted by Gasteiger charge is 1.89. The SMILES string of the molecule is C=C(N)N=C(C)N(C)C. The average molecular weight is 127 g/mol. The molecule has 0 rings (SSSR count). The van der Waals surface area contributed by atoms with Gasteiger partial charge in [0.05, 0.1) is 0 Å². The van der Waals surface area contributed by atoms with Gasteiger partial charge in [-0.1, -0.05) is 6.58 Å². The monoisotopic (exact) mass is 127 g/mol. The first kappa shape index (κ1) is 8.01. The third-order valence-corrected chi connectivity index (χ3v) is 0.953. The molecule has 0 fully saturated rings. The molecule has 0 unspecified atom stereocenters. The first-order valence-electron chi connectivity index (χ1n) is 2.71. The van der Waals surface area contributed by atoms with Crippen LogP contribution < -0.4 is 5.73 Å². The molecule has 0 aliphatic carbocycles. The Hall–Kier alpha value is -0.990. The number of rotatable bonds is 1. The van der Waals surface area contributed by atoms with Crippen LogP contribution in [0.2, 0.25) is 0 Å². The quantitative estimate of drug-likeness (QED) is 0.409. The van der Waals surface area contributed by atoms with Crippen molar-refractivity contribution in [2.45, 2.75) is 6.92 Å². The molecule has 0 heterocycles. The van der Waals surface area contributed by atoms with Gasteiger partial charge in [-0.2, -0.15) is 0 Å². The van der Waals surface area contributed by atoms with Gasteiger partial charge in [0.1, 0.15) is 11.7 Å². The summed E-state index contributed by atoms with van der Waals surface area (Å²) in [6.45, 7) is 5.31. The smallest absolute Gasteiger partial charge is 0.118 e. The lowest BCUT2D eigenvalue weighted by Gasteiger charge is -2.09. The van der Waals surface area contributed by atoms with Gasteiger partial charge in [-0.25, -0.2) is 4.99 Å². The van der Waals surface area contributed by atoms with Crippen molar-refractivity contribution in [2.75, 3.05) is 14.1 Å².